The van der Waals surface area contributed by atoms with Gasteiger partial charge in [0, 0.05) is 30.8 Å². The Bertz CT molecular complexity index is 1190. The van der Waals surface area contributed by atoms with E-state index in [0.29, 0.717) is 12.3 Å². The maximum atomic E-state index is 12.9. The first kappa shape index (κ1) is 19.9. The first-order valence-electron chi connectivity index (χ1n) is 10.5. The lowest BCUT2D eigenvalue weighted by atomic mass is 10.0. The average Bonchev–Trinajstić information content (AvgIpc) is 3.45. The molecule has 158 valence electrons. The highest BCUT2D eigenvalue weighted by Crippen LogP contribution is 2.24. The highest BCUT2D eigenvalue weighted by atomic mass is 32.1. The minimum Gasteiger partial charge on any atom is -0.379 e. The molecule has 1 saturated heterocycles. The molecule has 0 spiro atoms. The summed E-state index contributed by atoms with van der Waals surface area (Å²) in [6.07, 6.45) is 4.62. The van der Waals surface area contributed by atoms with Gasteiger partial charge in [-0.15, -0.1) is 11.3 Å². The number of carbonyl (C=O) groups excluding carboxylic acids is 1. The Hall–Kier alpha value is -3.03. The minimum atomic E-state index is -0.138. The maximum absolute atomic E-state index is 12.9. The van der Waals surface area contributed by atoms with Crippen molar-refractivity contribution in [3.05, 3.63) is 70.3 Å². The number of benzene rings is 1. The Kier molecular flexibility index (Phi) is 5.53. The zero-order valence-electron chi connectivity index (χ0n) is 17.4. The summed E-state index contributed by atoms with van der Waals surface area (Å²) in [7, 11) is 2.01. The Balaban J connectivity index is 1.43. The van der Waals surface area contributed by atoms with E-state index in [9.17, 15) is 4.79 Å². The summed E-state index contributed by atoms with van der Waals surface area (Å²) in [5, 5.41) is 5.13. The number of hydrogen-bond donors (Lipinski definition) is 1. The van der Waals surface area contributed by atoms with E-state index < -0.39 is 0 Å². The van der Waals surface area contributed by atoms with Crippen molar-refractivity contribution < 1.29 is 9.53 Å². The summed E-state index contributed by atoms with van der Waals surface area (Å²) in [6, 6.07) is 12.4. The monoisotopic (exact) mass is 432 g/mol. The van der Waals surface area contributed by atoms with Crippen LogP contribution in [0.15, 0.2) is 53.5 Å². The number of ether oxygens (including phenoxy) is 1. The summed E-state index contributed by atoms with van der Waals surface area (Å²) < 4.78 is 7.56. The highest BCUT2D eigenvalue weighted by molar-refractivity contribution is 7.07. The van der Waals surface area contributed by atoms with Gasteiger partial charge < -0.3 is 14.6 Å². The molecule has 0 bridgehead atoms. The maximum Gasteiger partial charge on any atom is 0.270 e. The lowest BCUT2D eigenvalue weighted by molar-refractivity contribution is 0.0622. The molecule has 1 aliphatic rings. The number of aromatic nitrogens is 3. The van der Waals surface area contributed by atoms with Crippen molar-refractivity contribution in [1.82, 2.24) is 19.9 Å². The molecule has 1 N–H and O–H groups in total. The van der Waals surface area contributed by atoms with Gasteiger partial charge in [0.1, 0.15) is 5.69 Å². The Labute approximate surface area is 184 Å². The van der Waals surface area contributed by atoms with E-state index in [1.165, 1.54) is 5.56 Å². The first-order chi connectivity index (χ1) is 15.2. The van der Waals surface area contributed by atoms with E-state index in [1.54, 1.807) is 11.3 Å². The smallest absolute Gasteiger partial charge is 0.270 e. The predicted molar refractivity (Wildman–Crippen MR) is 122 cm³/mol. The first-order valence-corrected chi connectivity index (χ1v) is 11.4. The zero-order chi connectivity index (χ0) is 21.2. The molecular formula is C24H24N4O2S. The molecule has 0 saturated carbocycles. The Morgan fingerprint density at radius 3 is 2.90 bits per heavy atom. The van der Waals surface area contributed by atoms with E-state index in [0.717, 1.165) is 53.7 Å². The normalized spacial score (nSPS) is 16.5. The molecule has 1 amide bonds. The topological polar surface area (TPSA) is 69.0 Å². The van der Waals surface area contributed by atoms with Crippen molar-refractivity contribution in [2.45, 2.75) is 25.3 Å². The van der Waals surface area contributed by atoms with E-state index in [2.05, 4.69) is 44.1 Å². The second-order valence-electron chi connectivity index (χ2n) is 7.96. The third kappa shape index (κ3) is 4.24. The molecule has 7 heteroatoms. The molecule has 1 aliphatic heterocycles. The van der Waals surface area contributed by atoms with Crippen molar-refractivity contribution in [3.63, 3.8) is 0 Å². The molecule has 1 aromatic carbocycles. The summed E-state index contributed by atoms with van der Waals surface area (Å²) in [5.74, 6) is -0.138. The fourth-order valence-corrected chi connectivity index (χ4v) is 4.69. The lowest BCUT2D eigenvalue weighted by Gasteiger charge is -2.23. The molecule has 6 nitrogen and oxygen atoms in total. The van der Waals surface area contributed by atoms with E-state index >= 15 is 0 Å². The molecule has 0 aliphatic carbocycles. The molecular weight excluding hydrogens is 408 g/mol. The van der Waals surface area contributed by atoms with E-state index in [1.807, 2.05) is 36.3 Å². The fourth-order valence-electron chi connectivity index (χ4n) is 4.13. The molecule has 4 heterocycles. The van der Waals surface area contributed by atoms with Crippen molar-refractivity contribution >= 4 is 28.3 Å². The van der Waals surface area contributed by atoms with Gasteiger partial charge >= 0.3 is 0 Å². The zero-order valence-corrected chi connectivity index (χ0v) is 18.2. The largest absolute Gasteiger partial charge is 0.379 e. The second-order valence-corrected chi connectivity index (χ2v) is 8.68. The van der Waals surface area contributed by atoms with Gasteiger partial charge in [-0.3, -0.25) is 4.79 Å². The number of aryl methyl sites for hydroxylation is 1. The van der Waals surface area contributed by atoms with E-state index in [4.69, 9.17) is 4.74 Å². The van der Waals surface area contributed by atoms with Crippen LogP contribution in [0.2, 0.25) is 0 Å². The number of rotatable bonds is 5. The number of pyridine rings is 1. The van der Waals surface area contributed by atoms with Crippen LogP contribution < -0.4 is 5.32 Å². The van der Waals surface area contributed by atoms with Crippen molar-refractivity contribution in [1.29, 1.82) is 0 Å². The number of fused-ring (bicyclic) bond motifs is 1. The molecule has 0 radical (unpaired) electrons. The fraction of sp³-hybridized carbons (Fsp3) is 0.292. The third-order valence-electron chi connectivity index (χ3n) is 5.71. The third-order valence-corrected chi connectivity index (χ3v) is 6.30. The van der Waals surface area contributed by atoms with Crippen molar-refractivity contribution in [2.75, 3.05) is 13.2 Å². The van der Waals surface area contributed by atoms with Gasteiger partial charge in [-0.25, -0.2) is 9.97 Å². The number of amides is 1. The van der Waals surface area contributed by atoms with Gasteiger partial charge in [0.05, 0.1) is 34.9 Å². The number of carbonyl (C=O) groups is 1. The highest BCUT2D eigenvalue weighted by Gasteiger charge is 2.20. The van der Waals surface area contributed by atoms with E-state index in [-0.39, 0.29) is 11.9 Å². The van der Waals surface area contributed by atoms with Crippen LogP contribution in [-0.2, 0) is 18.2 Å². The predicted octanol–water partition coefficient (Wildman–Crippen LogP) is 4.20. The minimum absolute atomic E-state index is 0.0521. The summed E-state index contributed by atoms with van der Waals surface area (Å²) in [6.45, 7) is 1.34. The second kappa shape index (κ2) is 8.61. The van der Waals surface area contributed by atoms with Crippen LogP contribution >= 0.6 is 11.3 Å². The molecule has 5 rings (SSSR count). The van der Waals surface area contributed by atoms with Crippen LogP contribution in [0, 0.1) is 0 Å². The molecule has 0 unspecified atom stereocenters. The van der Waals surface area contributed by atoms with Gasteiger partial charge in [-0.1, -0.05) is 24.3 Å². The summed E-state index contributed by atoms with van der Waals surface area (Å²) in [4.78, 5) is 21.9. The quantitative estimate of drug-likeness (QED) is 0.513. The Morgan fingerprint density at radius 1 is 1.29 bits per heavy atom. The molecule has 1 atom stereocenters. The van der Waals surface area contributed by atoms with Crippen LogP contribution in [0.5, 0.6) is 0 Å². The summed E-state index contributed by atoms with van der Waals surface area (Å²) in [5.41, 5.74) is 8.57. The van der Waals surface area contributed by atoms with Crippen LogP contribution in [0.1, 0.15) is 34.5 Å². The van der Waals surface area contributed by atoms with Gasteiger partial charge in [0.2, 0.25) is 0 Å². The summed E-state index contributed by atoms with van der Waals surface area (Å²) >= 11 is 1.60. The standard InChI is InChI=1S/C24H24N4O2S/c1-28-9-8-20-23(28)18(11-16-4-6-17(7-5-16)22-14-31-15-25-22)12-21(27-20)24(29)26-19-3-2-10-30-13-19/h4-9,12,14-15,19H,2-3,10-11,13H2,1H3,(H,26,29)/t19-/m1/s1. The molecule has 1 fully saturated rings. The van der Waals surface area contributed by atoms with Crippen molar-refractivity contribution in [3.8, 4) is 11.3 Å². The van der Waals surface area contributed by atoms with Crippen LogP contribution in [0.3, 0.4) is 0 Å². The lowest BCUT2D eigenvalue weighted by Crippen LogP contribution is -2.40. The van der Waals surface area contributed by atoms with Gasteiger partial charge in [0.25, 0.3) is 5.91 Å². The Morgan fingerprint density at radius 2 is 2.16 bits per heavy atom. The molecule has 4 aromatic rings. The van der Waals surface area contributed by atoms with Gasteiger partial charge in [-0.2, -0.15) is 0 Å². The number of nitrogens with zero attached hydrogens (tertiary/aromatic N) is 3. The number of hydrogen-bond acceptors (Lipinski definition) is 5. The average molecular weight is 433 g/mol. The number of thiazole rings is 1. The van der Waals surface area contributed by atoms with Crippen LogP contribution in [0.4, 0.5) is 0 Å². The van der Waals surface area contributed by atoms with Gasteiger partial charge in [-0.05, 0) is 42.5 Å². The number of nitrogens with one attached hydrogen (secondary N) is 1. The van der Waals surface area contributed by atoms with Crippen LogP contribution in [0.25, 0.3) is 22.3 Å². The van der Waals surface area contributed by atoms with Crippen LogP contribution in [-0.4, -0.2) is 39.7 Å². The molecule has 31 heavy (non-hydrogen) atoms. The molecule has 3 aromatic heterocycles. The van der Waals surface area contributed by atoms with Crippen molar-refractivity contribution in [2.24, 2.45) is 7.05 Å². The van der Waals surface area contributed by atoms with Gasteiger partial charge in [0.15, 0.2) is 0 Å². The SMILES string of the molecule is Cn1ccc2nc(C(=O)N[C@@H]3CCCOC3)cc(Cc3ccc(-c4cscn4)cc3)c21.